The molecule has 0 spiro atoms. The molecule has 1 atom stereocenters. The number of carboxylic acids is 1. The molecule has 0 radical (unpaired) electrons. The lowest BCUT2D eigenvalue weighted by Gasteiger charge is -2.34. The summed E-state index contributed by atoms with van der Waals surface area (Å²) in [5.41, 5.74) is 1.31. The van der Waals surface area contributed by atoms with Crippen molar-refractivity contribution in [2.45, 2.75) is 29.9 Å². The second-order valence-corrected chi connectivity index (χ2v) is 12.8. The van der Waals surface area contributed by atoms with E-state index in [1.807, 2.05) is 0 Å². The summed E-state index contributed by atoms with van der Waals surface area (Å²) in [4.78, 5) is 13.0. The molecule has 14 heteroatoms. The molecular formula is C23H32N4O8S2. The first-order chi connectivity index (χ1) is 17.3. The number of sulfonamides is 2. The highest BCUT2D eigenvalue weighted by molar-refractivity contribution is 7.92. The lowest BCUT2D eigenvalue weighted by Crippen LogP contribution is -2.43. The Labute approximate surface area is 216 Å². The molecule has 3 rings (SSSR count). The van der Waals surface area contributed by atoms with Crippen LogP contribution in [0.25, 0.3) is 0 Å². The SMILES string of the molecule is CN(CC(=O)O)S(=O)(=O)c1ccc(N2CCC(NC[C@H](O)c3ccc(O)c(NS(C)(=O)=O)c3)CC2)cc1. The zero-order chi connectivity index (χ0) is 27.4. The number of aliphatic hydroxyl groups is 1. The van der Waals surface area contributed by atoms with E-state index >= 15 is 0 Å². The van der Waals surface area contributed by atoms with Crippen LogP contribution >= 0.6 is 0 Å². The van der Waals surface area contributed by atoms with Crippen molar-refractivity contribution >= 4 is 37.4 Å². The van der Waals surface area contributed by atoms with Crippen LogP contribution in [-0.2, 0) is 24.8 Å². The second kappa shape index (κ2) is 11.6. The minimum Gasteiger partial charge on any atom is -0.506 e. The molecule has 2 aromatic carbocycles. The highest BCUT2D eigenvalue weighted by Gasteiger charge is 2.24. The van der Waals surface area contributed by atoms with Crippen molar-refractivity contribution in [3.05, 3.63) is 48.0 Å². The molecule has 0 aromatic heterocycles. The van der Waals surface area contributed by atoms with E-state index in [1.54, 1.807) is 12.1 Å². The molecule has 37 heavy (non-hydrogen) atoms. The number of piperidine rings is 1. The van der Waals surface area contributed by atoms with Gasteiger partial charge in [0.15, 0.2) is 0 Å². The van der Waals surface area contributed by atoms with Crippen LogP contribution < -0.4 is 14.9 Å². The third kappa shape index (κ3) is 7.79. The predicted molar refractivity (Wildman–Crippen MR) is 139 cm³/mol. The Bertz CT molecular complexity index is 1310. The van der Waals surface area contributed by atoms with Gasteiger partial charge in [-0.1, -0.05) is 6.07 Å². The van der Waals surface area contributed by atoms with E-state index in [9.17, 15) is 31.8 Å². The van der Waals surface area contributed by atoms with Gasteiger partial charge in [-0.05, 0) is 54.8 Å². The van der Waals surface area contributed by atoms with Crippen LogP contribution in [0.4, 0.5) is 11.4 Å². The van der Waals surface area contributed by atoms with Gasteiger partial charge in [-0.25, -0.2) is 16.8 Å². The molecule has 1 aliphatic rings. The third-order valence-corrected chi connectivity index (χ3v) is 8.47. The van der Waals surface area contributed by atoms with Gasteiger partial charge < -0.3 is 25.5 Å². The van der Waals surface area contributed by atoms with Crippen LogP contribution in [0.1, 0.15) is 24.5 Å². The molecule has 12 nitrogen and oxygen atoms in total. The van der Waals surface area contributed by atoms with E-state index in [0.29, 0.717) is 18.7 Å². The molecule has 204 valence electrons. The first-order valence-corrected chi connectivity index (χ1v) is 14.8. The maximum atomic E-state index is 12.5. The number of nitrogens with zero attached hydrogens (tertiary/aromatic N) is 2. The average Bonchev–Trinajstić information content (AvgIpc) is 2.83. The first-order valence-electron chi connectivity index (χ1n) is 11.5. The molecule has 0 bridgehead atoms. The fourth-order valence-electron chi connectivity index (χ4n) is 4.06. The van der Waals surface area contributed by atoms with E-state index in [0.717, 1.165) is 29.1 Å². The molecular weight excluding hydrogens is 524 g/mol. The van der Waals surface area contributed by atoms with Crippen molar-refractivity contribution in [2.75, 3.05) is 49.1 Å². The van der Waals surface area contributed by atoms with Crippen molar-refractivity contribution in [3.63, 3.8) is 0 Å². The lowest BCUT2D eigenvalue weighted by atomic mass is 10.0. The molecule has 0 saturated carbocycles. The van der Waals surface area contributed by atoms with Crippen molar-refractivity contribution in [1.29, 1.82) is 0 Å². The maximum absolute atomic E-state index is 12.5. The summed E-state index contributed by atoms with van der Waals surface area (Å²) in [7, 11) is -6.25. The number of aliphatic hydroxyl groups excluding tert-OH is 1. The smallest absolute Gasteiger partial charge is 0.318 e. The van der Waals surface area contributed by atoms with Gasteiger partial charge in [-0.2, -0.15) is 4.31 Å². The molecule has 2 aromatic rings. The van der Waals surface area contributed by atoms with E-state index in [1.165, 1.54) is 37.4 Å². The van der Waals surface area contributed by atoms with Gasteiger partial charge >= 0.3 is 5.97 Å². The topological polar surface area (TPSA) is 177 Å². The van der Waals surface area contributed by atoms with Gasteiger partial charge in [0.2, 0.25) is 20.0 Å². The molecule has 1 saturated heterocycles. The monoisotopic (exact) mass is 556 g/mol. The summed E-state index contributed by atoms with van der Waals surface area (Å²) in [6, 6.07) is 10.7. The Kier molecular flexibility index (Phi) is 9.02. The van der Waals surface area contributed by atoms with Crippen LogP contribution in [0.3, 0.4) is 0 Å². The van der Waals surface area contributed by atoms with Gasteiger partial charge in [-0.15, -0.1) is 0 Å². The third-order valence-electron chi connectivity index (χ3n) is 6.06. The molecule has 5 N–H and O–H groups in total. The van der Waals surface area contributed by atoms with E-state index in [4.69, 9.17) is 5.11 Å². The number of phenols is 1. The van der Waals surface area contributed by atoms with Crippen molar-refractivity contribution in [1.82, 2.24) is 9.62 Å². The summed E-state index contributed by atoms with van der Waals surface area (Å²) in [6.07, 6.45) is 1.63. The number of anilines is 2. The fraction of sp³-hybridized carbons (Fsp3) is 0.435. The van der Waals surface area contributed by atoms with Crippen molar-refractivity contribution in [2.24, 2.45) is 0 Å². The Morgan fingerprint density at radius 3 is 2.30 bits per heavy atom. The number of likely N-dealkylation sites (N-methyl/N-ethyl adjacent to an activating group) is 1. The van der Waals surface area contributed by atoms with Crippen LogP contribution in [0.5, 0.6) is 5.75 Å². The molecule has 1 heterocycles. The zero-order valence-corrected chi connectivity index (χ0v) is 22.2. The highest BCUT2D eigenvalue weighted by Crippen LogP contribution is 2.28. The Morgan fingerprint density at radius 2 is 1.73 bits per heavy atom. The number of carbonyl (C=O) groups is 1. The number of carboxylic acid groups (broad SMARTS) is 1. The number of rotatable bonds is 11. The number of aromatic hydroxyl groups is 1. The lowest BCUT2D eigenvalue weighted by molar-refractivity contribution is -0.137. The number of phenolic OH excluding ortho intramolecular Hbond substituents is 1. The Balaban J connectivity index is 1.52. The van der Waals surface area contributed by atoms with Crippen LogP contribution in [0.2, 0.25) is 0 Å². The normalized spacial score (nSPS) is 16.1. The fourth-order valence-corrected chi connectivity index (χ4v) is 5.75. The number of nitrogens with one attached hydrogen (secondary N) is 2. The van der Waals surface area contributed by atoms with Crippen LogP contribution in [-0.4, -0.2) is 88.0 Å². The predicted octanol–water partition coefficient (Wildman–Crippen LogP) is 0.761. The van der Waals surface area contributed by atoms with Crippen molar-refractivity contribution < 1.29 is 36.9 Å². The highest BCUT2D eigenvalue weighted by atomic mass is 32.2. The average molecular weight is 557 g/mol. The minimum atomic E-state index is -3.89. The molecule has 0 aliphatic carbocycles. The van der Waals surface area contributed by atoms with Gasteiger partial charge in [-0.3, -0.25) is 9.52 Å². The molecule has 0 amide bonds. The van der Waals surface area contributed by atoms with Gasteiger partial charge in [0, 0.05) is 38.4 Å². The number of hydrogen-bond acceptors (Lipinski definition) is 9. The first kappa shape index (κ1) is 28.7. The summed E-state index contributed by atoms with van der Waals surface area (Å²) < 4.78 is 50.9. The quantitative estimate of drug-likeness (QED) is 0.248. The summed E-state index contributed by atoms with van der Waals surface area (Å²) in [6.45, 7) is 1.04. The second-order valence-electron chi connectivity index (χ2n) is 8.98. The minimum absolute atomic E-state index is 0.000271. The molecule has 0 unspecified atom stereocenters. The standard InChI is InChI=1S/C23H32N4O8S2/c1-26(15-23(30)31)37(34,35)19-6-4-18(5-7-19)27-11-9-17(10-12-27)24-14-22(29)16-3-8-21(28)20(13-16)25-36(2,32)33/h3-8,13,17,22,24-25,28-29H,9-12,14-15H2,1-2H3,(H,30,31)/t22-/m0/s1. The number of benzene rings is 2. The van der Waals surface area contributed by atoms with Gasteiger partial charge in [0.05, 0.1) is 22.9 Å². The maximum Gasteiger partial charge on any atom is 0.318 e. The number of hydrogen-bond donors (Lipinski definition) is 5. The Hall–Kier alpha value is -2.91. The summed E-state index contributed by atoms with van der Waals surface area (Å²) in [5, 5.41) is 32.6. The zero-order valence-electron chi connectivity index (χ0n) is 20.5. The summed E-state index contributed by atoms with van der Waals surface area (Å²) >= 11 is 0. The molecule has 1 fully saturated rings. The van der Waals surface area contributed by atoms with Gasteiger partial charge in [0.1, 0.15) is 12.3 Å². The van der Waals surface area contributed by atoms with E-state index in [-0.39, 0.29) is 28.9 Å². The van der Waals surface area contributed by atoms with E-state index in [2.05, 4.69) is 14.9 Å². The van der Waals surface area contributed by atoms with Crippen molar-refractivity contribution in [3.8, 4) is 5.75 Å². The van der Waals surface area contributed by atoms with Crippen LogP contribution in [0.15, 0.2) is 47.4 Å². The van der Waals surface area contributed by atoms with E-state index < -0.39 is 38.7 Å². The largest absolute Gasteiger partial charge is 0.506 e. The molecule has 1 aliphatic heterocycles. The number of aliphatic carboxylic acids is 1. The van der Waals surface area contributed by atoms with Crippen LogP contribution in [0, 0.1) is 0 Å². The Morgan fingerprint density at radius 1 is 1.11 bits per heavy atom. The van der Waals surface area contributed by atoms with Gasteiger partial charge in [0.25, 0.3) is 0 Å². The summed E-state index contributed by atoms with van der Waals surface area (Å²) in [5.74, 6) is -1.47.